The summed E-state index contributed by atoms with van der Waals surface area (Å²) in [5, 5.41) is 13.6. The van der Waals surface area contributed by atoms with Crippen molar-refractivity contribution in [2.75, 3.05) is 40.9 Å². The summed E-state index contributed by atoms with van der Waals surface area (Å²) in [5.74, 6) is -0.217. The van der Waals surface area contributed by atoms with Crippen LogP contribution in [0.2, 0.25) is 0 Å². The lowest BCUT2D eigenvalue weighted by molar-refractivity contribution is -0.870. The molecule has 0 fully saturated rings. The maximum absolute atomic E-state index is 12.8. The molecule has 3 atom stereocenters. The van der Waals surface area contributed by atoms with Gasteiger partial charge in [0.2, 0.25) is 5.91 Å². The first-order valence-electron chi connectivity index (χ1n) is 21.0. The lowest BCUT2D eigenvalue weighted by atomic mass is 10.0. The van der Waals surface area contributed by atoms with Crippen molar-refractivity contribution < 1.29 is 32.9 Å². The molecule has 0 aromatic carbocycles. The number of phosphoric ester groups is 1. The zero-order valence-electron chi connectivity index (χ0n) is 34.2. The molecule has 8 nitrogen and oxygen atoms in total. The topological polar surface area (TPSA) is 108 Å². The molecule has 9 heteroatoms. The molecular formula is C43H81N2O6P. The third kappa shape index (κ3) is 36.8. The van der Waals surface area contributed by atoms with E-state index in [2.05, 4.69) is 55.6 Å². The summed E-state index contributed by atoms with van der Waals surface area (Å²) in [6.45, 7) is 4.48. The van der Waals surface area contributed by atoms with E-state index < -0.39 is 26.6 Å². The van der Waals surface area contributed by atoms with Gasteiger partial charge in [-0.05, 0) is 57.8 Å². The number of allylic oxidation sites excluding steroid dienone is 7. The second-order valence-electron chi connectivity index (χ2n) is 15.3. The SMILES string of the molecule is CCC/C=C/CC/C=C/C(O)C(COP(=O)([O-])OCC[N+](C)(C)C)NC(=O)CCCCCCCCCCCCC/C=C\C/C=C\CCCCCCC. The average Bonchev–Trinajstić information content (AvgIpc) is 3.09. The monoisotopic (exact) mass is 753 g/mol. The molecule has 304 valence electrons. The predicted octanol–water partition coefficient (Wildman–Crippen LogP) is 10.7. The molecule has 0 saturated carbocycles. The van der Waals surface area contributed by atoms with Crippen LogP contribution in [-0.4, -0.2) is 68.5 Å². The molecule has 2 N–H and O–H groups in total. The smallest absolute Gasteiger partial charge is 0.268 e. The number of quaternary nitrogens is 1. The fourth-order valence-corrected chi connectivity index (χ4v) is 6.34. The minimum absolute atomic E-state index is 0.00863. The zero-order chi connectivity index (χ0) is 38.6. The molecule has 52 heavy (non-hydrogen) atoms. The first-order valence-corrected chi connectivity index (χ1v) is 22.5. The molecule has 0 aromatic heterocycles. The molecule has 0 aliphatic carbocycles. The van der Waals surface area contributed by atoms with Crippen molar-refractivity contribution in [2.24, 2.45) is 0 Å². The third-order valence-corrected chi connectivity index (χ3v) is 9.96. The number of phosphoric acid groups is 1. The van der Waals surface area contributed by atoms with Gasteiger partial charge in [0.05, 0.1) is 39.9 Å². The Labute approximate surface area is 320 Å². The quantitative estimate of drug-likeness (QED) is 0.0283. The van der Waals surface area contributed by atoms with Gasteiger partial charge in [-0.1, -0.05) is 152 Å². The van der Waals surface area contributed by atoms with Crippen molar-refractivity contribution in [3.05, 3.63) is 48.6 Å². The van der Waals surface area contributed by atoms with Crippen molar-refractivity contribution in [1.29, 1.82) is 0 Å². The number of unbranched alkanes of at least 4 members (excludes halogenated alkanes) is 18. The van der Waals surface area contributed by atoms with Gasteiger partial charge >= 0.3 is 0 Å². The number of likely N-dealkylation sites (N-methyl/N-ethyl adjacent to an activating group) is 1. The Morgan fingerprint density at radius 2 is 1.17 bits per heavy atom. The van der Waals surface area contributed by atoms with E-state index in [1.165, 1.54) is 96.3 Å². The highest BCUT2D eigenvalue weighted by Crippen LogP contribution is 2.38. The van der Waals surface area contributed by atoms with Crippen molar-refractivity contribution in [3.63, 3.8) is 0 Å². The van der Waals surface area contributed by atoms with E-state index in [-0.39, 0.29) is 12.5 Å². The minimum atomic E-state index is -4.58. The number of aliphatic hydroxyl groups excluding tert-OH is 1. The van der Waals surface area contributed by atoms with E-state index in [9.17, 15) is 19.4 Å². The van der Waals surface area contributed by atoms with Gasteiger partial charge in [-0.3, -0.25) is 9.36 Å². The number of hydrogen-bond acceptors (Lipinski definition) is 6. The molecule has 3 unspecified atom stereocenters. The summed E-state index contributed by atoms with van der Waals surface area (Å²) >= 11 is 0. The fourth-order valence-electron chi connectivity index (χ4n) is 5.62. The van der Waals surface area contributed by atoms with Crippen LogP contribution in [-0.2, 0) is 18.4 Å². The standard InChI is InChI=1S/C43H81N2O6P/c1-6-8-10-12-14-15-16-17-18-19-20-21-22-23-24-25-26-27-28-29-31-33-35-37-43(47)44-41(42(46)36-34-32-30-13-11-9-7-2)40-51-52(48,49)50-39-38-45(3,4)5/h11,13,16-17,19-20,34,36,41-42,46H,6-10,12,14-15,18,21-33,35,37-40H2,1-5H3,(H-,44,47,48,49)/b13-11+,17-16-,20-19-,36-34+. The van der Waals surface area contributed by atoms with E-state index in [1.54, 1.807) is 6.08 Å². The summed E-state index contributed by atoms with van der Waals surface area (Å²) in [6, 6.07) is -0.901. The maximum Gasteiger partial charge on any atom is 0.268 e. The lowest BCUT2D eigenvalue weighted by Crippen LogP contribution is -2.45. The first kappa shape index (κ1) is 50.5. The van der Waals surface area contributed by atoms with Crippen molar-refractivity contribution in [1.82, 2.24) is 5.32 Å². The van der Waals surface area contributed by atoms with E-state index in [0.717, 1.165) is 51.4 Å². The van der Waals surface area contributed by atoms with Crippen LogP contribution in [0, 0.1) is 0 Å². The second-order valence-corrected chi connectivity index (χ2v) is 16.7. The number of hydrogen-bond donors (Lipinski definition) is 2. The van der Waals surface area contributed by atoms with Crippen molar-refractivity contribution in [3.8, 4) is 0 Å². The van der Waals surface area contributed by atoms with Gasteiger partial charge in [0.1, 0.15) is 13.2 Å². The van der Waals surface area contributed by atoms with Gasteiger partial charge in [-0.25, -0.2) is 0 Å². The molecule has 0 aromatic rings. The van der Waals surface area contributed by atoms with Crippen LogP contribution in [0.4, 0.5) is 0 Å². The third-order valence-electron chi connectivity index (χ3n) is 8.99. The van der Waals surface area contributed by atoms with Gasteiger partial charge in [0, 0.05) is 6.42 Å². The van der Waals surface area contributed by atoms with E-state index in [0.29, 0.717) is 17.4 Å². The number of aliphatic hydroxyl groups is 1. The Balaban J connectivity index is 4.19. The van der Waals surface area contributed by atoms with Crippen LogP contribution >= 0.6 is 7.82 Å². The van der Waals surface area contributed by atoms with Gasteiger partial charge in [0.15, 0.2) is 0 Å². The van der Waals surface area contributed by atoms with E-state index in [1.807, 2.05) is 27.2 Å². The zero-order valence-corrected chi connectivity index (χ0v) is 35.1. The Hall–Kier alpha value is -1.54. The van der Waals surface area contributed by atoms with Gasteiger partial charge < -0.3 is 28.8 Å². The molecule has 0 spiro atoms. The largest absolute Gasteiger partial charge is 0.756 e. The minimum Gasteiger partial charge on any atom is -0.756 e. The van der Waals surface area contributed by atoms with Crippen LogP contribution < -0.4 is 10.2 Å². The predicted molar refractivity (Wildman–Crippen MR) is 219 cm³/mol. The van der Waals surface area contributed by atoms with Crippen LogP contribution in [0.5, 0.6) is 0 Å². The number of carbonyl (C=O) groups is 1. The second kappa shape index (κ2) is 35.2. The molecule has 0 rings (SSSR count). The van der Waals surface area contributed by atoms with E-state index >= 15 is 0 Å². The van der Waals surface area contributed by atoms with Crippen LogP contribution in [0.1, 0.15) is 168 Å². The highest BCUT2D eigenvalue weighted by atomic mass is 31.2. The van der Waals surface area contributed by atoms with Gasteiger partial charge in [0.25, 0.3) is 7.82 Å². The Bertz CT molecular complexity index is 991. The van der Waals surface area contributed by atoms with Crippen LogP contribution in [0.3, 0.4) is 0 Å². The number of nitrogens with zero attached hydrogens (tertiary/aromatic N) is 1. The average molecular weight is 753 g/mol. The normalized spacial score (nSPS) is 15.0. The summed E-state index contributed by atoms with van der Waals surface area (Å²) < 4.78 is 23.0. The highest BCUT2D eigenvalue weighted by molar-refractivity contribution is 7.45. The molecule has 1 amide bonds. The molecular weight excluding hydrogens is 671 g/mol. The molecule has 0 aliphatic rings. The molecule has 0 bridgehead atoms. The Morgan fingerprint density at radius 1 is 0.673 bits per heavy atom. The van der Waals surface area contributed by atoms with Crippen molar-refractivity contribution >= 4 is 13.7 Å². The molecule has 0 radical (unpaired) electrons. The summed E-state index contributed by atoms with van der Waals surface area (Å²) in [4.78, 5) is 25.1. The highest BCUT2D eigenvalue weighted by Gasteiger charge is 2.23. The maximum atomic E-state index is 12.8. The Kier molecular flexibility index (Phi) is 34.1. The lowest BCUT2D eigenvalue weighted by Gasteiger charge is -2.29. The summed E-state index contributed by atoms with van der Waals surface area (Å²) in [7, 11) is 1.23. The summed E-state index contributed by atoms with van der Waals surface area (Å²) in [6.07, 6.45) is 43.3. The first-order chi connectivity index (χ1) is 25.0. The number of carbonyl (C=O) groups excluding carboxylic acids is 1. The fraction of sp³-hybridized carbons (Fsp3) is 0.791. The van der Waals surface area contributed by atoms with Gasteiger partial charge in [-0.2, -0.15) is 0 Å². The van der Waals surface area contributed by atoms with Crippen LogP contribution in [0.25, 0.3) is 0 Å². The molecule has 0 saturated heterocycles. The van der Waals surface area contributed by atoms with E-state index in [4.69, 9.17) is 9.05 Å². The molecule has 0 heterocycles. The van der Waals surface area contributed by atoms with Crippen molar-refractivity contribution in [2.45, 2.75) is 180 Å². The number of rotatable bonds is 37. The Morgan fingerprint density at radius 3 is 1.73 bits per heavy atom. The summed E-state index contributed by atoms with van der Waals surface area (Å²) in [5.41, 5.74) is 0. The molecule has 0 aliphatic heterocycles. The number of amides is 1. The number of nitrogens with one attached hydrogen (secondary N) is 1. The van der Waals surface area contributed by atoms with Gasteiger partial charge in [-0.15, -0.1) is 0 Å². The van der Waals surface area contributed by atoms with Crippen LogP contribution in [0.15, 0.2) is 48.6 Å².